The maximum atomic E-state index is 13.0. The minimum atomic E-state index is -0.556. The number of fused-ring (bicyclic) bond motifs is 1. The second kappa shape index (κ2) is 8.30. The Morgan fingerprint density at radius 1 is 1.28 bits per heavy atom. The highest BCUT2D eigenvalue weighted by atomic mass is 16.5. The zero-order valence-corrected chi connectivity index (χ0v) is 16.8. The van der Waals surface area contributed by atoms with Crippen molar-refractivity contribution in [1.82, 2.24) is 9.55 Å². The number of nitrogens with one attached hydrogen (secondary N) is 1. The van der Waals surface area contributed by atoms with Crippen molar-refractivity contribution in [1.29, 1.82) is 0 Å². The van der Waals surface area contributed by atoms with Crippen molar-refractivity contribution in [2.75, 3.05) is 11.9 Å². The summed E-state index contributed by atoms with van der Waals surface area (Å²) in [5.74, 6) is -0.594. The fourth-order valence-electron chi connectivity index (χ4n) is 3.10. The van der Waals surface area contributed by atoms with Crippen molar-refractivity contribution in [3.05, 3.63) is 57.8 Å². The number of aryl methyl sites for hydroxylation is 1. The molecule has 0 aliphatic carbocycles. The van der Waals surface area contributed by atoms with E-state index >= 15 is 0 Å². The van der Waals surface area contributed by atoms with Crippen LogP contribution in [0, 0.1) is 12.8 Å². The van der Waals surface area contributed by atoms with Gasteiger partial charge in [0, 0.05) is 6.54 Å². The van der Waals surface area contributed by atoms with Crippen LogP contribution in [0.25, 0.3) is 11.1 Å². The molecule has 0 fully saturated rings. The number of furan rings is 1. The molecule has 0 unspecified atom stereocenters. The zero-order valence-electron chi connectivity index (χ0n) is 16.8. The smallest absolute Gasteiger partial charge is 0.340 e. The molecule has 0 aliphatic rings. The molecule has 2 heterocycles. The quantitative estimate of drug-likeness (QED) is 0.640. The van der Waals surface area contributed by atoms with Gasteiger partial charge in [-0.05, 0) is 31.9 Å². The van der Waals surface area contributed by atoms with E-state index in [1.54, 1.807) is 38.1 Å². The lowest BCUT2D eigenvalue weighted by atomic mass is 10.1. The van der Waals surface area contributed by atoms with Gasteiger partial charge in [0.15, 0.2) is 0 Å². The highest BCUT2D eigenvalue weighted by Crippen LogP contribution is 2.24. The second-order valence-corrected chi connectivity index (χ2v) is 7.03. The Morgan fingerprint density at radius 3 is 2.69 bits per heavy atom. The highest BCUT2D eigenvalue weighted by Gasteiger charge is 2.24. The first-order valence-corrected chi connectivity index (χ1v) is 9.39. The van der Waals surface area contributed by atoms with Crippen LogP contribution in [0.3, 0.4) is 0 Å². The Morgan fingerprint density at radius 2 is 2.00 bits per heavy atom. The van der Waals surface area contributed by atoms with E-state index in [4.69, 9.17) is 9.15 Å². The summed E-state index contributed by atoms with van der Waals surface area (Å²) in [6, 6.07) is 6.52. The van der Waals surface area contributed by atoms with Gasteiger partial charge in [-0.2, -0.15) is 0 Å². The molecular weight excluding hydrogens is 374 g/mol. The van der Waals surface area contributed by atoms with Crippen LogP contribution < -0.4 is 10.9 Å². The second-order valence-electron chi connectivity index (χ2n) is 7.03. The number of nitrogens with zero attached hydrogens (tertiary/aromatic N) is 2. The third-order valence-corrected chi connectivity index (χ3v) is 4.31. The molecule has 0 saturated carbocycles. The summed E-state index contributed by atoms with van der Waals surface area (Å²) in [6.45, 7) is 7.95. The maximum Gasteiger partial charge on any atom is 0.340 e. The van der Waals surface area contributed by atoms with E-state index in [2.05, 4.69) is 10.3 Å². The van der Waals surface area contributed by atoms with Gasteiger partial charge in [-0.3, -0.25) is 14.2 Å². The van der Waals surface area contributed by atoms with E-state index in [1.807, 2.05) is 13.8 Å². The van der Waals surface area contributed by atoms with Gasteiger partial charge in [-0.1, -0.05) is 26.0 Å². The molecule has 152 valence electrons. The molecule has 8 heteroatoms. The molecule has 1 aromatic carbocycles. The van der Waals surface area contributed by atoms with Crippen molar-refractivity contribution < 1.29 is 18.7 Å². The lowest BCUT2D eigenvalue weighted by molar-refractivity contribution is 0.0527. The van der Waals surface area contributed by atoms with Crippen LogP contribution in [-0.4, -0.2) is 28.0 Å². The number of hydrogen-bond acceptors (Lipinski definition) is 6. The molecule has 3 aromatic rings. The third-order valence-electron chi connectivity index (χ3n) is 4.31. The summed E-state index contributed by atoms with van der Waals surface area (Å²) in [4.78, 5) is 42.3. The van der Waals surface area contributed by atoms with E-state index < -0.39 is 11.9 Å². The number of hydrogen-bond donors (Lipinski definition) is 1. The molecule has 1 amide bonds. The molecule has 29 heavy (non-hydrogen) atoms. The average molecular weight is 397 g/mol. The summed E-state index contributed by atoms with van der Waals surface area (Å²) in [5, 5.41) is 2.82. The first-order valence-electron chi connectivity index (χ1n) is 9.39. The van der Waals surface area contributed by atoms with Gasteiger partial charge in [0.25, 0.3) is 11.5 Å². The number of esters is 1. The summed E-state index contributed by atoms with van der Waals surface area (Å²) < 4.78 is 12.0. The first kappa shape index (κ1) is 20.3. The predicted octanol–water partition coefficient (Wildman–Crippen LogP) is 3.38. The standard InChI is InChI=1S/C21H23N3O5/c1-5-28-21(27)14-8-6-7-9-15(14)23-18(25)16-13(4)29-19-17(16)20(26)24(11-22-19)10-12(2)3/h6-9,11-12H,5,10H2,1-4H3,(H,23,25). The van der Waals surface area contributed by atoms with Crippen molar-refractivity contribution >= 4 is 28.7 Å². The summed E-state index contributed by atoms with van der Waals surface area (Å²) in [6.07, 6.45) is 1.42. The molecule has 0 radical (unpaired) electrons. The van der Waals surface area contributed by atoms with Crippen molar-refractivity contribution in [2.24, 2.45) is 5.92 Å². The summed E-state index contributed by atoms with van der Waals surface area (Å²) in [5.41, 5.74) is 0.384. The number of carbonyl (C=O) groups excluding carboxylic acids is 2. The lowest BCUT2D eigenvalue weighted by Gasteiger charge is -2.10. The number of carbonyl (C=O) groups is 2. The Hall–Kier alpha value is -3.42. The third kappa shape index (κ3) is 4.06. The monoisotopic (exact) mass is 397 g/mol. The lowest BCUT2D eigenvalue weighted by Crippen LogP contribution is -2.25. The maximum absolute atomic E-state index is 13.0. The van der Waals surface area contributed by atoms with Crippen LogP contribution in [0.2, 0.25) is 0 Å². The molecule has 1 N–H and O–H groups in total. The molecule has 8 nitrogen and oxygen atoms in total. The molecule has 2 aromatic heterocycles. The molecule has 0 spiro atoms. The van der Waals surface area contributed by atoms with Crippen LogP contribution in [0.1, 0.15) is 47.2 Å². The number of ether oxygens (including phenoxy) is 1. The number of benzene rings is 1. The topological polar surface area (TPSA) is 103 Å². The molecule has 0 bridgehead atoms. The van der Waals surface area contributed by atoms with Gasteiger partial charge in [0.1, 0.15) is 17.5 Å². The molecule has 3 rings (SSSR count). The van der Waals surface area contributed by atoms with Crippen LogP contribution in [-0.2, 0) is 11.3 Å². The fraction of sp³-hybridized carbons (Fsp3) is 0.333. The number of para-hydroxylation sites is 1. The summed E-state index contributed by atoms with van der Waals surface area (Å²) >= 11 is 0. The van der Waals surface area contributed by atoms with Gasteiger partial charge in [0.05, 0.1) is 23.4 Å². The number of rotatable bonds is 6. The van der Waals surface area contributed by atoms with Gasteiger partial charge in [-0.15, -0.1) is 0 Å². The average Bonchev–Trinajstić information content (AvgIpc) is 3.01. The Labute approximate surface area is 167 Å². The Kier molecular flexibility index (Phi) is 5.81. The van der Waals surface area contributed by atoms with Crippen molar-refractivity contribution in [3.8, 4) is 0 Å². The first-order chi connectivity index (χ1) is 13.8. The predicted molar refractivity (Wildman–Crippen MR) is 108 cm³/mol. The zero-order chi connectivity index (χ0) is 21.1. The van der Waals surface area contributed by atoms with Gasteiger partial charge >= 0.3 is 5.97 Å². The van der Waals surface area contributed by atoms with Crippen LogP contribution in [0.4, 0.5) is 5.69 Å². The van der Waals surface area contributed by atoms with Gasteiger partial charge < -0.3 is 14.5 Å². The molecule has 0 saturated heterocycles. The largest absolute Gasteiger partial charge is 0.462 e. The number of anilines is 1. The normalized spacial score (nSPS) is 11.1. The fourth-order valence-corrected chi connectivity index (χ4v) is 3.10. The number of aromatic nitrogens is 2. The molecular formula is C21H23N3O5. The van der Waals surface area contributed by atoms with E-state index in [-0.39, 0.29) is 51.8 Å². The molecule has 0 aliphatic heterocycles. The van der Waals surface area contributed by atoms with Gasteiger partial charge in [0.2, 0.25) is 5.71 Å². The van der Waals surface area contributed by atoms with E-state index in [9.17, 15) is 14.4 Å². The SMILES string of the molecule is CCOC(=O)c1ccccc1NC(=O)c1c(C)oc2ncn(CC(C)C)c(=O)c12. The van der Waals surface area contributed by atoms with E-state index in [0.29, 0.717) is 6.54 Å². The minimum absolute atomic E-state index is 0.106. The van der Waals surface area contributed by atoms with Crippen molar-refractivity contribution in [3.63, 3.8) is 0 Å². The number of amides is 1. The Bertz CT molecular complexity index is 1130. The Balaban J connectivity index is 2.04. The van der Waals surface area contributed by atoms with Gasteiger partial charge in [-0.25, -0.2) is 9.78 Å². The highest BCUT2D eigenvalue weighted by molar-refractivity contribution is 6.14. The van der Waals surface area contributed by atoms with E-state index in [1.165, 1.54) is 10.9 Å². The summed E-state index contributed by atoms with van der Waals surface area (Å²) in [7, 11) is 0. The van der Waals surface area contributed by atoms with Crippen LogP contribution in [0.15, 0.2) is 39.8 Å². The van der Waals surface area contributed by atoms with Crippen LogP contribution in [0.5, 0.6) is 0 Å². The van der Waals surface area contributed by atoms with E-state index in [0.717, 1.165) is 0 Å². The molecule has 0 atom stereocenters. The van der Waals surface area contributed by atoms with Crippen molar-refractivity contribution in [2.45, 2.75) is 34.2 Å². The minimum Gasteiger partial charge on any atom is -0.462 e. The van der Waals surface area contributed by atoms with Crippen LogP contribution >= 0.6 is 0 Å².